The van der Waals surface area contributed by atoms with E-state index in [9.17, 15) is 9.90 Å². The van der Waals surface area contributed by atoms with Gasteiger partial charge in [-0.15, -0.1) is 0 Å². The fraction of sp³-hybridized carbons (Fsp3) is 0.421. The van der Waals surface area contributed by atoms with Crippen LogP contribution in [-0.2, 0) is 0 Å². The summed E-state index contributed by atoms with van der Waals surface area (Å²) in [5.41, 5.74) is -0.463. The van der Waals surface area contributed by atoms with Crippen molar-refractivity contribution >= 4 is 11.9 Å². The molecular weight excluding hydrogens is 332 g/mol. The van der Waals surface area contributed by atoms with Gasteiger partial charge in [0, 0.05) is 31.5 Å². The molecule has 0 spiro atoms. The van der Waals surface area contributed by atoms with Crippen molar-refractivity contribution in [3.8, 4) is 5.75 Å². The molecule has 138 valence electrons. The van der Waals surface area contributed by atoms with Crippen LogP contribution in [0, 0.1) is 0 Å². The van der Waals surface area contributed by atoms with Crippen molar-refractivity contribution in [1.29, 1.82) is 0 Å². The van der Waals surface area contributed by atoms with Gasteiger partial charge < -0.3 is 19.6 Å². The van der Waals surface area contributed by atoms with Crippen LogP contribution in [0.4, 0.5) is 5.95 Å². The number of aromatic nitrogens is 2. The van der Waals surface area contributed by atoms with Crippen LogP contribution in [-0.4, -0.2) is 65.3 Å². The number of likely N-dealkylation sites (N-methyl/N-ethyl adjacent to an activating group) is 1. The second-order valence-electron chi connectivity index (χ2n) is 6.69. The van der Waals surface area contributed by atoms with Crippen LogP contribution in [0.15, 0.2) is 42.7 Å². The molecular formula is C19H24N4O3. The minimum atomic E-state index is -0.999. The summed E-state index contributed by atoms with van der Waals surface area (Å²) in [6.07, 6.45) is 4.82. The number of anilines is 1. The van der Waals surface area contributed by atoms with Crippen LogP contribution < -0.4 is 9.64 Å². The zero-order valence-corrected chi connectivity index (χ0v) is 15.1. The smallest absolute Gasteiger partial charge is 0.253 e. The molecule has 0 unspecified atom stereocenters. The molecule has 1 aliphatic rings. The van der Waals surface area contributed by atoms with E-state index in [-0.39, 0.29) is 12.5 Å². The first-order chi connectivity index (χ1) is 12.5. The molecule has 2 aromatic rings. The lowest BCUT2D eigenvalue weighted by atomic mass is 9.92. The van der Waals surface area contributed by atoms with Crippen LogP contribution in [0.2, 0.25) is 0 Å². The topological polar surface area (TPSA) is 78.8 Å². The van der Waals surface area contributed by atoms with E-state index in [1.165, 1.54) is 0 Å². The molecule has 1 atom stereocenters. The number of hydrogen-bond donors (Lipinski definition) is 1. The number of ether oxygens (including phenoxy) is 1. The molecule has 0 radical (unpaired) electrons. The van der Waals surface area contributed by atoms with Crippen molar-refractivity contribution in [2.45, 2.75) is 18.4 Å². The van der Waals surface area contributed by atoms with Crippen LogP contribution in [0.3, 0.4) is 0 Å². The summed E-state index contributed by atoms with van der Waals surface area (Å²) < 4.78 is 5.18. The van der Waals surface area contributed by atoms with E-state index >= 15 is 0 Å². The van der Waals surface area contributed by atoms with Crippen LogP contribution in [0.5, 0.6) is 5.75 Å². The molecule has 1 fully saturated rings. The maximum atomic E-state index is 12.7. The highest BCUT2D eigenvalue weighted by atomic mass is 16.5. The summed E-state index contributed by atoms with van der Waals surface area (Å²) in [6, 6.07) is 8.79. The zero-order chi connectivity index (χ0) is 18.6. The van der Waals surface area contributed by atoms with Gasteiger partial charge in [0.1, 0.15) is 5.75 Å². The van der Waals surface area contributed by atoms with Crippen molar-refractivity contribution < 1.29 is 14.6 Å². The van der Waals surface area contributed by atoms with Gasteiger partial charge in [-0.2, -0.15) is 0 Å². The lowest BCUT2D eigenvalue weighted by Crippen LogP contribution is -2.55. The number of carbonyl (C=O) groups excluding carboxylic acids is 1. The Balaban J connectivity index is 1.69. The van der Waals surface area contributed by atoms with Crippen molar-refractivity contribution in [3.63, 3.8) is 0 Å². The first kappa shape index (κ1) is 18.1. The first-order valence-corrected chi connectivity index (χ1v) is 8.65. The SMILES string of the molecule is COc1cccc(C(=O)N(C)C[C@]2(O)CCCN(c3ncccn3)C2)c1. The average molecular weight is 356 g/mol. The fourth-order valence-corrected chi connectivity index (χ4v) is 3.36. The molecule has 7 nitrogen and oxygen atoms in total. The van der Waals surface area contributed by atoms with E-state index < -0.39 is 5.60 Å². The summed E-state index contributed by atoms with van der Waals surface area (Å²) in [4.78, 5) is 24.7. The Morgan fingerprint density at radius 3 is 2.85 bits per heavy atom. The number of β-amino-alcohol motifs (C(OH)–C–C–N with tert-alkyl or cyclic N) is 1. The summed E-state index contributed by atoms with van der Waals surface area (Å²) in [5, 5.41) is 11.1. The number of nitrogens with zero attached hydrogens (tertiary/aromatic N) is 4. The van der Waals surface area contributed by atoms with Crippen LogP contribution in [0.1, 0.15) is 23.2 Å². The van der Waals surface area contributed by atoms with Gasteiger partial charge in [0.05, 0.1) is 25.8 Å². The van der Waals surface area contributed by atoms with Gasteiger partial charge in [-0.1, -0.05) is 6.07 Å². The molecule has 0 bridgehead atoms. The largest absolute Gasteiger partial charge is 0.497 e. The number of hydrogen-bond acceptors (Lipinski definition) is 6. The van der Waals surface area contributed by atoms with E-state index in [0.29, 0.717) is 30.2 Å². The minimum Gasteiger partial charge on any atom is -0.497 e. The van der Waals surface area contributed by atoms with Crippen molar-refractivity contribution in [1.82, 2.24) is 14.9 Å². The highest BCUT2D eigenvalue weighted by molar-refractivity contribution is 5.94. The highest BCUT2D eigenvalue weighted by Gasteiger charge is 2.36. The molecule has 1 aliphatic heterocycles. The molecule has 3 rings (SSSR count). The summed E-state index contributed by atoms with van der Waals surface area (Å²) in [5.74, 6) is 1.09. The second kappa shape index (κ2) is 7.70. The molecule has 7 heteroatoms. The van der Waals surface area contributed by atoms with Gasteiger partial charge in [-0.3, -0.25) is 4.79 Å². The van der Waals surface area contributed by atoms with Crippen LogP contribution in [0.25, 0.3) is 0 Å². The average Bonchev–Trinajstić information content (AvgIpc) is 2.67. The molecule has 1 amide bonds. The van der Waals surface area contributed by atoms with E-state index in [2.05, 4.69) is 9.97 Å². The molecule has 26 heavy (non-hydrogen) atoms. The number of rotatable bonds is 5. The number of benzene rings is 1. The second-order valence-corrected chi connectivity index (χ2v) is 6.69. The Labute approximate surface area is 153 Å². The predicted octanol–water partition coefficient (Wildman–Crippen LogP) is 1.59. The number of carbonyl (C=O) groups is 1. The number of amides is 1. The number of methoxy groups -OCH3 is 1. The van der Waals surface area contributed by atoms with Gasteiger partial charge in [0.2, 0.25) is 5.95 Å². The third kappa shape index (κ3) is 4.11. The van der Waals surface area contributed by atoms with Gasteiger partial charge in [-0.25, -0.2) is 9.97 Å². The maximum absolute atomic E-state index is 12.7. The molecule has 0 aliphatic carbocycles. The predicted molar refractivity (Wildman–Crippen MR) is 98.4 cm³/mol. The maximum Gasteiger partial charge on any atom is 0.253 e. The summed E-state index contributed by atoms with van der Waals surface area (Å²) in [6.45, 7) is 1.43. The third-order valence-electron chi connectivity index (χ3n) is 4.59. The van der Waals surface area contributed by atoms with Crippen molar-refractivity contribution in [2.75, 3.05) is 38.7 Å². The molecule has 2 heterocycles. The van der Waals surface area contributed by atoms with Gasteiger partial charge >= 0.3 is 0 Å². The lowest BCUT2D eigenvalue weighted by Gasteiger charge is -2.41. The standard InChI is InChI=1S/C19H24N4O3/c1-22(17(24)15-6-3-7-16(12-15)26-2)13-19(25)8-4-11-23(14-19)18-20-9-5-10-21-18/h3,5-7,9-10,12,25H,4,8,11,13-14H2,1-2H3/t19-/m1/s1. The zero-order valence-electron chi connectivity index (χ0n) is 15.1. The Morgan fingerprint density at radius 2 is 2.12 bits per heavy atom. The Kier molecular flexibility index (Phi) is 5.37. The highest BCUT2D eigenvalue weighted by Crippen LogP contribution is 2.25. The fourth-order valence-electron chi connectivity index (χ4n) is 3.36. The molecule has 1 saturated heterocycles. The van der Waals surface area contributed by atoms with Gasteiger partial charge in [-0.05, 0) is 37.1 Å². The Morgan fingerprint density at radius 1 is 1.35 bits per heavy atom. The Bertz CT molecular complexity index is 755. The Hall–Kier alpha value is -2.67. The van der Waals surface area contributed by atoms with Gasteiger partial charge in [0.25, 0.3) is 5.91 Å². The van der Waals surface area contributed by atoms with Crippen LogP contribution >= 0.6 is 0 Å². The summed E-state index contributed by atoms with van der Waals surface area (Å²) in [7, 11) is 3.27. The van der Waals surface area contributed by atoms with E-state index in [4.69, 9.17) is 4.74 Å². The first-order valence-electron chi connectivity index (χ1n) is 8.65. The van der Waals surface area contributed by atoms with Crippen molar-refractivity contribution in [2.24, 2.45) is 0 Å². The molecule has 1 aromatic heterocycles. The van der Waals surface area contributed by atoms with Crippen molar-refractivity contribution in [3.05, 3.63) is 48.3 Å². The third-order valence-corrected chi connectivity index (χ3v) is 4.59. The van der Waals surface area contributed by atoms with E-state index in [1.54, 1.807) is 61.8 Å². The molecule has 1 aromatic carbocycles. The monoisotopic (exact) mass is 356 g/mol. The molecule has 0 saturated carbocycles. The number of aliphatic hydroxyl groups is 1. The number of piperidine rings is 1. The quantitative estimate of drug-likeness (QED) is 0.876. The van der Waals surface area contributed by atoms with Gasteiger partial charge in [0.15, 0.2) is 0 Å². The minimum absolute atomic E-state index is 0.148. The lowest BCUT2D eigenvalue weighted by molar-refractivity contribution is -0.000300. The molecule has 1 N–H and O–H groups in total. The van der Waals surface area contributed by atoms with E-state index in [0.717, 1.165) is 13.0 Å². The normalized spacial score (nSPS) is 19.9. The summed E-state index contributed by atoms with van der Waals surface area (Å²) >= 11 is 0. The van der Waals surface area contributed by atoms with E-state index in [1.807, 2.05) is 4.90 Å².